The van der Waals surface area contributed by atoms with Crippen LogP contribution in [0.25, 0.3) is 0 Å². The monoisotopic (exact) mass is 415 g/mol. The topological polar surface area (TPSA) is 83.7 Å². The fourth-order valence-corrected chi connectivity index (χ4v) is 5.52. The van der Waals surface area contributed by atoms with Crippen LogP contribution in [0, 0.1) is 5.92 Å². The summed E-state index contributed by atoms with van der Waals surface area (Å²) in [5.41, 5.74) is 6.30. The Morgan fingerprint density at radius 1 is 1.19 bits per heavy atom. The number of hydrogen-bond donors (Lipinski definition) is 1. The van der Waals surface area contributed by atoms with Gasteiger partial charge in [0.25, 0.3) is 5.91 Å². The Morgan fingerprint density at radius 2 is 1.89 bits per heavy atom. The van der Waals surface area contributed by atoms with E-state index < -0.39 is 10.0 Å². The van der Waals surface area contributed by atoms with Crippen LogP contribution in [0.2, 0.25) is 0 Å². The number of nitrogens with zero attached hydrogens (tertiary/aromatic N) is 2. The van der Waals surface area contributed by atoms with E-state index in [1.165, 1.54) is 10.4 Å². The summed E-state index contributed by atoms with van der Waals surface area (Å²) < 4.78 is 27.3. The average molecular weight is 416 g/mol. The van der Waals surface area contributed by atoms with Crippen molar-refractivity contribution in [1.82, 2.24) is 9.21 Å². The summed E-state index contributed by atoms with van der Waals surface area (Å²) >= 11 is 0. The first kappa shape index (κ1) is 22.1. The van der Waals surface area contributed by atoms with Crippen molar-refractivity contribution < 1.29 is 13.2 Å². The largest absolute Gasteiger partial charge is 0.334 e. The van der Waals surface area contributed by atoms with Gasteiger partial charge in [0.2, 0.25) is 10.0 Å². The number of carbonyl (C=O) groups excluding carboxylic acids is 1. The van der Waals surface area contributed by atoms with E-state index in [9.17, 15) is 13.2 Å². The third-order valence-corrected chi connectivity index (χ3v) is 7.44. The van der Waals surface area contributed by atoms with Gasteiger partial charge in [-0.2, -0.15) is 4.31 Å². The molecule has 2 aliphatic rings. The lowest BCUT2D eigenvalue weighted by Crippen LogP contribution is -2.49. The van der Waals surface area contributed by atoms with Gasteiger partial charge < -0.3 is 10.6 Å². The van der Waals surface area contributed by atoms with E-state index in [4.69, 9.17) is 5.73 Å². The van der Waals surface area contributed by atoms with E-state index in [1.54, 1.807) is 18.2 Å². The van der Waals surface area contributed by atoms with Crippen LogP contribution in [0.5, 0.6) is 0 Å². The minimum Gasteiger partial charge on any atom is -0.334 e. The molecule has 152 valence electrons. The van der Waals surface area contributed by atoms with Crippen molar-refractivity contribution in [3.63, 3.8) is 0 Å². The molecule has 2 fully saturated rings. The Labute approximate surface area is 168 Å². The maximum absolute atomic E-state index is 13.0. The molecule has 3 rings (SSSR count). The third-order valence-electron chi connectivity index (χ3n) is 5.54. The summed E-state index contributed by atoms with van der Waals surface area (Å²) in [5.74, 6) is 0.432. The zero-order valence-electron chi connectivity index (χ0n) is 15.8. The van der Waals surface area contributed by atoms with Gasteiger partial charge in [-0.05, 0) is 49.8 Å². The van der Waals surface area contributed by atoms with Crippen LogP contribution in [0.3, 0.4) is 0 Å². The molecule has 0 saturated carbocycles. The molecule has 1 amide bonds. The molecule has 2 unspecified atom stereocenters. The van der Waals surface area contributed by atoms with Crippen molar-refractivity contribution in [3.8, 4) is 0 Å². The molecule has 0 aromatic heterocycles. The fraction of sp³-hybridized carbons (Fsp3) is 0.632. The quantitative estimate of drug-likeness (QED) is 0.818. The smallest absolute Gasteiger partial charge is 0.254 e. The second-order valence-electron chi connectivity index (χ2n) is 7.51. The molecule has 1 aromatic rings. The zero-order chi connectivity index (χ0) is 18.7. The first-order valence-electron chi connectivity index (χ1n) is 9.54. The van der Waals surface area contributed by atoms with Crippen LogP contribution >= 0.6 is 12.4 Å². The van der Waals surface area contributed by atoms with Crippen molar-refractivity contribution in [2.75, 3.05) is 26.2 Å². The molecule has 0 bridgehead atoms. The number of nitrogens with two attached hydrogens (primary N) is 1. The van der Waals surface area contributed by atoms with Crippen LogP contribution in [0.15, 0.2) is 29.2 Å². The van der Waals surface area contributed by atoms with Crippen molar-refractivity contribution in [1.29, 1.82) is 0 Å². The highest BCUT2D eigenvalue weighted by Crippen LogP contribution is 2.25. The molecule has 2 atom stereocenters. The van der Waals surface area contributed by atoms with Crippen molar-refractivity contribution in [3.05, 3.63) is 29.8 Å². The van der Waals surface area contributed by atoms with Gasteiger partial charge in [0.15, 0.2) is 0 Å². The number of hydrogen-bond acceptors (Lipinski definition) is 4. The SMILES string of the molecule is CC1CCN(C(=O)c2cccc(S(=O)(=O)N3CCCCC3)c2)C(CN)C1.Cl. The van der Waals surface area contributed by atoms with Gasteiger partial charge in [0.05, 0.1) is 4.90 Å². The first-order valence-corrected chi connectivity index (χ1v) is 11.0. The standard InChI is InChI=1S/C19H29N3O3S.ClH/c1-15-8-11-22(17(12-15)14-20)19(23)16-6-5-7-18(13-16)26(24,25)21-9-3-2-4-10-21;/h5-7,13,15,17H,2-4,8-12,14,20H2,1H3;1H. The van der Waals surface area contributed by atoms with Crippen LogP contribution in [0.4, 0.5) is 0 Å². The van der Waals surface area contributed by atoms with Crippen LogP contribution < -0.4 is 5.73 Å². The Bertz CT molecular complexity index is 750. The van der Waals surface area contributed by atoms with Gasteiger partial charge in [-0.1, -0.05) is 19.4 Å². The molecule has 0 spiro atoms. The van der Waals surface area contributed by atoms with Crippen LogP contribution in [-0.2, 0) is 10.0 Å². The number of sulfonamides is 1. The highest BCUT2D eigenvalue weighted by Gasteiger charge is 2.31. The molecule has 2 aliphatic heterocycles. The third kappa shape index (κ3) is 4.83. The van der Waals surface area contributed by atoms with E-state index in [0.717, 1.165) is 32.1 Å². The van der Waals surface area contributed by atoms with Gasteiger partial charge in [0.1, 0.15) is 0 Å². The minimum atomic E-state index is -3.54. The van der Waals surface area contributed by atoms with Gasteiger partial charge >= 0.3 is 0 Å². The Balaban J connectivity index is 0.00000261. The summed E-state index contributed by atoms with van der Waals surface area (Å²) in [4.78, 5) is 15.0. The van der Waals surface area contributed by atoms with E-state index >= 15 is 0 Å². The van der Waals surface area contributed by atoms with E-state index in [2.05, 4.69) is 6.92 Å². The molecule has 0 radical (unpaired) electrons. The maximum Gasteiger partial charge on any atom is 0.254 e. The highest BCUT2D eigenvalue weighted by molar-refractivity contribution is 7.89. The fourth-order valence-electron chi connectivity index (χ4n) is 3.95. The minimum absolute atomic E-state index is 0. The van der Waals surface area contributed by atoms with E-state index in [1.807, 2.05) is 4.90 Å². The lowest BCUT2D eigenvalue weighted by molar-refractivity contribution is 0.0573. The van der Waals surface area contributed by atoms with Crippen LogP contribution in [0.1, 0.15) is 49.4 Å². The van der Waals surface area contributed by atoms with E-state index in [-0.39, 0.29) is 29.3 Å². The molecule has 2 saturated heterocycles. The van der Waals surface area contributed by atoms with Crippen molar-refractivity contribution in [2.24, 2.45) is 11.7 Å². The summed E-state index contributed by atoms with van der Waals surface area (Å²) in [6.45, 7) is 4.39. The summed E-state index contributed by atoms with van der Waals surface area (Å²) in [6, 6.07) is 6.49. The predicted octanol–water partition coefficient (Wildman–Crippen LogP) is 2.48. The van der Waals surface area contributed by atoms with Crippen molar-refractivity contribution >= 4 is 28.3 Å². The highest BCUT2D eigenvalue weighted by atomic mass is 35.5. The normalized spacial score (nSPS) is 24.3. The summed E-state index contributed by atoms with van der Waals surface area (Å²) in [6.07, 6.45) is 4.70. The molecular formula is C19H30ClN3O3S. The number of piperidine rings is 2. The van der Waals surface area contributed by atoms with Crippen molar-refractivity contribution in [2.45, 2.75) is 50.0 Å². The number of halogens is 1. The Kier molecular flexibility index (Phi) is 7.68. The second kappa shape index (κ2) is 9.37. The molecular weight excluding hydrogens is 386 g/mol. The lowest BCUT2D eigenvalue weighted by Gasteiger charge is -2.38. The molecule has 0 aliphatic carbocycles. The van der Waals surface area contributed by atoms with Gasteiger partial charge in [-0.15, -0.1) is 12.4 Å². The van der Waals surface area contributed by atoms with Crippen LogP contribution in [-0.4, -0.2) is 55.8 Å². The van der Waals surface area contributed by atoms with Gasteiger partial charge in [0, 0.05) is 37.8 Å². The number of rotatable bonds is 4. The summed E-state index contributed by atoms with van der Waals surface area (Å²) in [5, 5.41) is 0. The van der Waals surface area contributed by atoms with Gasteiger partial charge in [-0.3, -0.25) is 4.79 Å². The maximum atomic E-state index is 13.0. The molecule has 8 heteroatoms. The zero-order valence-corrected chi connectivity index (χ0v) is 17.5. The Hall–Kier alpha value is -1.15. The molecule has 2 N–H and O–H groups in total. The molecule has 27 heavy (non-hydrogen) atoms. The van der Waals surface area contributed by atoms with Gasteiger partial charge in [-0.25, -0.2) is 8.42 Å². The number of likely N-dealkylation sites (tertiary alicyclic amines) is 1. The molecule has 1 aromatic carbocycles. The average Bonchev–Trinajstić information content (AvgIpc) is 2.68. The molecule has 2 heterocycles. The molecule has 6 nitrogen and oxygen atoms in total. The second-order valence-corrected chi connectivity index (χ2v) is 9.45. The number of carbonyl (C=O) groups is 1. The number of amides is 1. The first-order chi connectivity index (χ1) is 12.4. The predicted molar refractivity (Wildman–Crippen MR) is 109 cm³/mol. The summed E-state index contributed by atoms with van der Waals surface area (Å²) in [7, 11) is -3.54. The number of benzene rings is 1. The lowest BCUT2D eigenvalue weighted by atomic mass is 9.92. The van der Waals surface area contributed by atoms with E-state index in [0.29, 0.717) is 37.7 Å². The Morgan fingerprint density at radius 3 is 2.56 bits per heavy atom.